The highest BCUT2D eigenvalue weighted by Gasteiger charge is 2.26. The Balaban J connectivity index is 2.15. The first-order valence-electron chi connectivity index (χ1n) is 8.21. The zero-order valence-electron chi connectivity index (χ0n) is 15.9. The second-order valence-electron chi connectivity index (χ2n) is 5.92. The maximum absolute atomic E-state index is 12.3. The Morgan fingerprint density at radius 2 is 1.71 bits per heavy atom. The Kier molecular flexibility index (Phi) is 6.54. The molecular formula is C19H20N2O7. The molecule has 148 valence electrons. The van der Waals surface area contributed by atoms with E-state index in [2.05, 4.69) is 5.32 Å². The summed E-state index contributed by atoms with van der Waals surface area (Å²) in [6, 6.07) is 7.74. The molecule has 2 rings (SSSR count). The molecule has 0 saturated carbocycles. The van der Waals surface area contributed by atoms with E-state index in [0.717, 1.165) is 23.3 Å². The SMILES string of the molecule is COc1cc(C(=O)OCC(=O)Nc2cc(C)ccc2C)c([N+](=O)[O-])cc1OC. The number of rotatable bonds is 7. The number of aryl methyl sites for hydroxylation is 2. The van der Waals surface area contributed by atoms with Gasteiger partial charge in [0.1, 0.15) is 5.56 Å². The van der Waals surface area contributed by atoms with Gasteiger partial charge in [-0.25, -0.2) is 4.79 Å². The lowest BCUT2D eigenvalue weighted by atomic mass is 10.1. The Hall–Kier alpha value is -3.62. The van der Waals surface area contributed by atoms with E-state index in [9.17, 15) is 19.7 Å². The van der Waals surface area contributed by atoms with Crippen LogP contribution in [-0.2, 0) is 9.53 Å². The number of nitrogens with one attached hydrogen (secondary N) is 1. The Labute approximate surface area is 161 Å². The summed E-state index contributed by atoms with van der Waals surface area (Å²) < 4.78 is 15.0. The number of nitro groups is 1. The van der Waals surface area contributed by atoms with Crippen LogP contribution in [0.5, 0.6) is 11.5 Å². The van der Waals surface area contributed by atoms with E-state index in [1.807, 2.05) is 26.0 Å². The van der Waals surface area contributed by atoms with Crippen LogP contribution >= 0.6 is 0 Å². The normalized spacial score (nSPS) is 10.1. The summed E-state index contributed by atoms with van der Waals surface area (Å²) in [5.74, 6) is -1.37. The predicted octanol–water partition coefficient (Wildman–Crippen LogP) is 3.02. The fourth-order valence-corrected chi connectivity index (χ4v) is 2.45. The number of nitrogens with zero attached hydrogens (tertiary/aromatic N) is 1. The lowest BCUT2D eigenvalue weighted by molar-refractivity contribution is -0.385. The van der Waals surface area contributed by atoms with Crippen LogP contribution in [0.2, 0.25) is 0 Å². The first-order chi connectivity index (χ1) is 13.3. The molecule has 2 aromatic rings. The molecule has 1 amide bonds. The first-order valence-corrected chi connectivity index (χ1v) is 8.21. The van der Waals surface area contributed by atoms with E-state index in [1.165, 1.54) is 14.2 Å². The summed E-state index contributed by atoms with van der Waals surface area (Å²) in [4.78, 5) is 34.9. The largest absolute Gasteiger partial charge is 0.493 e. The summed E-state index contributed by atoms with van der Waals surface area (Å²) in [6.45, 7) is 3.11. The van der Waals surface area contributed by atoms with Gasteiger partial charge in [0.2, 0.25) is 0 Å². The number of ether oxygens (including phenoxy) is 3. The molecule has 0 atom stereocenters. The molecule has 0 aliphatic heterocycles. The molecule has 0 aliphatic rings. The number of esters is 1. The summed E-state index contributed by atoms with van der Waals surface area (Å²) in [7, 11) is 2.65. The van der Waals surface area contributed by atoms with Crippen molar-refractivity contribution in [3.8, 4) is 11.5 Å². The molecule has 0 unspecified atom stereocenters. The molecule has 0 saturated heterocycles. The third-order valence-corrected chi connectivity index (χ3v) is 3.92. The van der Waals surface area contributed by atoms with Gasteiger partial charge in [0.15, 0.2) is 18.1 Å². The molecule has 0 aliphatic carbocycles. The van der Waals surface area contributed by atoms with Crippen LogP contribution in [0, 0.1) is 24.0 Å². The fraction of sp³-hybridized carbons (Fsp3) is 0.263. The van der Waals surface area contributed by atoms with Crippen molar-refractivity contribution in [2.45, 2.75) is 13.8 Å². The Morgan fingerprint density at radius 1 is 1.07 bits per heavy atom. The van der Waals surface area contributed by atoms with Gasteiger partial charge in [-0.15, -0.1) is 0 Å². The van der Waals surface area contributed by atoms with Gasteiger partial charge >= 0.3 is 5.97 Å². The van der Waals surface area contributed by atoms with E-state index in [0.29, 0.717) is 5.69 Å². The van der Waals surface area contributed by atoms with Crippen molar-refractivity contribution in [1.82, 2.24) is 0 Å². The lowest BCUT2D eigenvalue weighted by Crippen LogP contribution is -2.21. The second-order valence-corrected chi connectivity index (χ2v) is 5.92. The van der Waals surface area contributed by atoms with Crippen LogP contribution < -0.4 is 14.8 Å². The molecular weight excluding hydrogens is 368 g/mol. The van der Waals surface area contributed by atoms with Crippen LogP contribution in [0.1, 0.15) is 21.5 Å². The van der Waals surface area contributed by atoms with Crippen molar-refractivity contribution < 1.29 is 28.7 Å². The molecule has 0 bridgehead atoms. The Bertz CT molecular complexity index is 925. The first kappa shape index (κ1) is 20.7. The summed E-state index contributed by atoms with van der Waals surface area (Å²) in [5, 5.41) is 13.9. The van der Waals surface area contributed by atoms with Crippen LogP contribution in [0.15, 0.2) is 30.3 Å². The minimum Gasteiger partial charge on any atom is -0.493 e. The molecule has 9 nitrogen and oxygen atoms in total. The van der Waals surface area contributed by atoms with Crippen molar-refractivity contribution in [3.63, 3.8) is 0 Å². The molecule has 2 aromatic carbocycles. The van der Waals surface area contributed by atoms with E-state index < -0.39 is 29.1 Å². The predicted molar refractivity (Wildman–Crippen MR) is 101 cm³/mol. The highest BCUT2D eigenvalue weighted by molar-refractivity contribution is 5.98. The number of anilines is 1. The van der Waals surface area contributed by atoms with Crippen molar-refractivity contribution in [3.05, 3.63) is 57.1 Å². The number of hydrogen-bond donors (Lipinski definition) is 1. The van der Waals surface area contributed by atoms with Crippen LogP contribution in [0.25, 0.3) is 0 Å². The zero-order chi connectivity index (χ0) is 20.8. The van der Waals surface area contributed by atoms with Gasteiger partial charge in [0, 0.05) is 11.8 Å². The Morgan fingerprint density at radius 3 is 2.32 bits per heavy atom. The maximum atomic E-state index is 12.3. The number of hydrogen-bond acceptors (Lipinski definition) is 7. The average molecular weight is 388 g/mol. The average Bonchev–Trinajstić information content (AvgIpc) is 2.67. The molecule has 9 heteroatoms. The molecule has 0 radical (unpaired) electrons. The van der Waals surface area contributed by atoms with Crippen LogP contribution in [0.4, 0.5) is 11.4 Å². The van der Waals surface area contributed by atoms with Gasteiger partial charge in [-0.05, 0) is 31.0 Å². The van der Waals surface area contributed by atoms with E-state index in [4.69, 9.17) is 14.2 Å². The number of nitro benzene ring substituents is 1. The minimum atomic E-state index is -1.02. The number of carbonyl (C=O) groups is 2. The molecule has 0 heterocycles. The fourth-order valence-electron chi connectivity index (χ4n) is 2.45. The quantitative estimate of drug-likeness (QED) is 0.440. The third kappa shape index (κ3) is 4.76. The smallest absolute Gasteiger partial charge is 0.345 e. The number of amides is 1. The van der Waals surface area contributed by atoms with Gasteiger partial charge in [0.25, 0.3) is 11.6 Å². The minimum absolute atomic E-state index is 0.0958. The highest BCUT2D eigenvalue weighted by Crippen LogP contribution is 2.34. The number of carbonyl (C=O) groups excluding carboxylic acids is 2. The lowest BCUT2D eigenvalue weighted by Gasteiger charge is -2.11. The van der Waals surface area contributed by atoms with Crippen molar-refractivity contribution in [2.24, 2.45) is 0 Å². The summed E-state index contributed by atoms with van der Waals surface area (Å²) >= 11 is 0. The molecule has 0 fully saturated rings. The topological polar surface area (TPSA) is 117 Å². The number of methoxy groups -OCH3 is 2. The van der Waals surface area contributed by atoms with Crippen molar-refractivity contribution in [1.29, 1.82) is 0 Å². The maximum Gasteiger partial charge on any atom is 0.345 e. The zero-order valence-corrected chi connectivity index (χ0v) is 15.9. The molecule has 28 heavy (non-hydrogen) atoms. The van der Waals surface area contributed by atoms with Gasteiger partial charge in [-0.2, -0.15) is 0 Å². The van der Waals surface area contributed by atoms with Gasteiger partial charge in [-0.1, -0.05) is 12.1 Å². The summed E-state index contributed by atoms with van der Waals surface area (Å²) in [6.07, 6.45) is 0. The third-order valence-electron chi connectivity index (χ3n) is 3.92. The highest BCUT2D eigenvalue weighted by atomic mass is 16.6. The van der Waals surface area contributed by atoms with Gasteiger partial charge in [0.05, 0.1) is 25.2 Å². The monoisotopic (exact) mass is 388 g/mol. The standard InChI is InChI=1S/C19H20N2O7/c1-11-5-6-12(2)14(7-11)20-18(22)10-28-19(23)13-8-16(26-3)17(27-4)9-15(13)21(24)25/h5-9H,10H2,1-4H3,(H,20,22). The molecule has 0 spiro atoms. The summed E-state index contributed by atoms with van der Waals surface area (Å²) in [5.41, 5.74) is 1.54. The molecule has 1 N–H and O–H groups in total. The van der Waals surface area contributed by atoms with Gasteiger partial charge in [-0.3, -0.25) is 14.9 Å². The van der Waals surface area contributed by atoms with Crippen LogP contribution in [0.3, 0.4) is 0 Å². The van der Waals surface area contributed by atoms with Gasteiger partial charge < -0.3 is 19.5 Å². The van der Waals surface area contributed by atoms with Crippen LogP contribution in [-0.4, -0.2) is 37.6 Å². The second kappa shape index (κ2) is 8.85. The molecule has 0 aromatic heterocycles. The van der Waals surface area contributed by atoms with E-state index in [1.54, 1.807) is 6.07 Å². The van der Waals surface area contributed by atoms with E-state index in [-0.39, 0.29) is 17.1 Å². The number of benzene rings is 2. The van der Waals surface area contributed by atoms with Crippen molar-refractivity contribution in [2.75, 3.05) is 26.1 Å². The van der Waals surface area contributed by atoms with Crippen molar-refractivity contribution >= 4 is 23.3 Å². The van der Waals surface area contributed by atoms with E-state index >= 15 is 0 Å².